The largest absolute Gasteiger partial charge is 0.481 e. The minimum Gasteiger partial charge on any atom is -0.481 e. The van der Waals surface area contributed by atoms with Crippen molar-refractivity contribution >= 4 is 39.5 Å². The van der Waals surface area contributed by atoms with Crippen LogP contribution in [-0.4, -0.2) is 21.4 Å². The molecular weight excluding hydrogens is 354 g/mol. The zero-order chi connectivity index (χ0) is 18.8. The minimum atomic E-state index is -0.799. The Bertz CT molecular complexity index is 1120. The number of para-hydroxylation sites is 1. The Hall–Kier alpha value is -2.72. The maximum absolute atomic E-state index is 11.3. The van der Waals surface area contributed by atoms with Crippen molar-refractivity contribution in [1.29, 1.82) is 0 Å². The zero-order valence-corrected chi connectivity index (χ0v) is 16.0. The van der Waals surface area contributed by atoms with Gasteiger partial charge in [0.25, 0.3) is 0 Å². The van der Waals surface area contributed by atoms with Crippen LogP contribution in [0.15, 0.2) is 71.6 Å². The maximum atomic E-state index is 11.3. The number of aliphatic carboxylic acids is 1. The van der Waals surface area contributed by atoms with Gasteiger partial charge in [0.2, 0.25) is 0 Å². The van der Waals surface area contributed by atoms with E-state index in [2.05, 4.69) is 60.0 Å². The van der Waals surface area contributed by atoms with E-state index < -0.39 is 5.97 Å². The molecule has 0 radical (unpaired) electrons. The highest BCUT2D eigenvalue weighted by Crippen LogP contribution is 2.37. The lowest BCUT2D eigenvalue weighted by molar-refractivity contribution is -0.136. The van der Waals surface area contributed by atoms with Gasteiger partial charge in [0.15, 0.2) is 0 Å². The molecule has 4 rings (SSSR count). The van der Waals surface area contributed by atoms with E-state index in [1.165, 1.54) is 21.9 Å². The van der Waals surface area contributed by atoms with Gasteiger partial charge in [-0.15, -0.1) is 11.8 Å². The summed E-state index contributed by atoms with van der Waals surface area (Å²) in [7, 11) is 0. The van der Waals surface area contributed by atoms with Crippen molar-refractivity contribution in [3.05, 3.63) is 77.9 Å². The number of hydrogen-bond acceptors (Lipinski definition) is 2. The van der Waals surface area contributed by atoms with Crippen LogP contribution in [0.4, 0.5) is 0 Å². The van der Waals surface area contributed by atoms with Crippen molar-refractivity contribution in [2.45, 2.75) is 24.8 Å². The summed E-state index contributed by atoms with van der Waals surface area (Å²) in [6.07, 6.45) is 0.0417. The van der Waals surface area contributed by atoms with E-state index in [1.54, 1.807) is 11.8 Å². The average Bonchev–Trinajstić information content (AvgIpc) is 2.96. The van der Waals surface area contributed by atoms with Crippen molar-refractivity contribution in [3.8, 4) is 0 Å². The summed E-state index contributed by atoms with van der Waals surface area (Å²) < 4.78 is 2.31. The molecule has 0 spiro atoms. The van der Waals surface area contributed by atoms with E-state index in [4.69, 9.17) is 0 Å². The molecule has 1 aromatic heterocycles. The van der Waals surface area contributed by atoms with Gasteiger partial charge in [0.05, 0.1) is 11.9 Å². The Morgan fingerprint density at radius 3 is 2.44 bits per heavy atom. The van der Waals surface area contributed by atoms with Gasteiger partial charge in [-0.25, -0.2) is 0 Å². The molecule has 136 valence electrons. The Morgan fingerprint density at radius 2 is 1.70 bits per heavy atom. The van der Waals surface area contributed by atoms with E-state index in [0.717, 1.165) is 28.3 Å². The Labute approximate surface area is 162 Å². The number of benzene rings is 3. The summed E-state index contributed by atoms with van der Waals surface area (Å²) in [6.45, 7) is 2.89. The number of carbonyl (C=O) groups is 1. The first-order chi connectivity index (χ1) is 13.2. The molecule has 4 aromatic rings. The van der Waals surface area contributed by atoms with Gasteiger partial charge < -0.3 is 9.67 Å². The number of carboxylic acid groups (broad SMARTS) is 1. The minimum absolute atomic E-state index is 0.0417. The van der Waals surface area contributed by atoms with Crippen molar-refractivity contribution < 1.29 is 9.90 Å². The van der Waals surface area contributed by atoms with Crippen molar-refractivity contribution in [2.24, 2.45) is 0 Å². The molecule has 1 heterocycles. The van der Waals surface area contributed by atoms with Gasteiger partial charge in [-0.2, -0.15) is 0 Å². The molecule has 0 aliphatic heterocycles. The fourth-order valence-corrected chi connectivity index (χ4v) is 4.58. The third kappa shape index (κ3) is 3.45. The highest BCUT2D eigenvalue weighted by molar-refractivity contribution is 7.99. The summed E-state index contributed by atoms with van der Waals surface area (Å²) in [6, 6.07) is 22.9. The van der Waals surface area contributed by atoms with E-state index in [-0.39, 0.29) is 6.42 Å². The molecule has 0 unspecified atom stereocenters. The summed E-state index contributed by atoms with van der Waals surface area (Å²) in [5, 5.41) is 11.7. The molecule has 0 aliphatic carbocycles. The lowest BCUT2D eigenvalue weighted by Gasteiger charge is -2.10. The van der Waals surface area contributed by atoms with E-state index >= 15 is 0 Å². The topological polar surface area (TPSA) is 42.2 Å². The summed E-state index contributed by atoms with van der Waals surface area (Å²) >= 11 is 1.77. The van der Waals surface area contributed by atoms with Gasteiger partial charge >= 0.3 is 5.97 Å². The van der Waals surface area contributed by atoms with Gasteiger partial charge in [0.1, 0.15) is 0 Å². The summed E-state index contributed by atoms with van der Waals surface area (Å²) in [4.78, 5) is 12.5. The number of rotatable bonds is 6. The second kappa shape index (κ2) is 7.49. The van der Waals surface area contributed by atoms with Gasteiger partial charge in [-0.3, -0.25) is 4.79 Å². The Kier molecular flexibility index (Phi) is 4.90. The number of thioether (sulfide) groups is 1. The van der Waals surface area contributed by atoms with Crippen LogP contribution in [0.5, 0.6) is 0 Å². The molecular formula is C23H21NO2S. The van der Waals surface area contributed by atoms with Crippen molar-refractivity contribution in [1.82, 2.24) is 4.57 Å². The molecule has 0 atom stereocenters. The van der Waals surface area contributed by atoms with Crippen LogP contribution in [0.2, 0.25) is 0 Å². The molecule has 3 aromatic carbocycles. The number of nitrogens with zero attached hydrogens (tertiary/aromatic N) is 1. The first kappa shape index (κ1) is 17.7. The molecule has 0 amide bonds. The second-order valence-corrected chi connectivity index (χ2v) is 7.89. The second-order valence-electron chi connectivity index (χ2n) is 6.58. The summed E-state index contributed by atoms with van der Waals surface area (Å²) in [5.41, 5.74) is 4.37. The Balaban J connectivity index is 2.01. The van der Waals surface area contributed by atoms with Gasteiger partial charge in [0, 0.05) is 27.7 Å². The molecule has 0 aliphatic rings. The number of fused-ring (bicyclic) bond motifs is 3. The fourth-order valence-electron chi connectivity index (χ4n) is 3.67. The predicted octanol–water partition coefficient (Wildman–Crippen LogP) is 5.58. The number of carboxylic acids is 1. The first-order valence-corrected chi connectivity index (χ1v) is 10.1. The highest BCUT2D eigenvalue weighted by Gasteiger charge is 2.16. The van der Waals surface area contributed by atoms with Crippen LogP contribution in [-0.2, 0) is 17.8 Å². The van der Waals surface area contributed by atoms with Crippen LogP contribution < -0.4 is 0 Å². The van der Waals surface area contributed by atoms with Crippen LogP contribution in [0, 0.1) is 0 Å². The molecule has 0 bridgehead atoms. The first-order valence-electron chi connectivity index (χ1n) is 9.09. The molecule has 27 heavy (non-hydrogen) atoms. The summed E-state index contributed by atoms with van der Waals surface area (Å²) in [5.74, 6) is 0.150. The third-order valence-corrected chi connectivity index (χ3v) is 5.66. The van der Waals surface area contributed by atoms with E-state index in [9.17, 15) is 9.90 Å². The molecule has 3 nitrogen and oxygen atoms in total. The van der Waals surface area contributed by atoms with Crippen molar-refractivity contribution in [3.63, 3.8) is 0 Å². The monoisotopic (exact) mass is 375 g/mol. The molecule has 0 fully saturated rings. The fraction of sp³-hybridized carbons (Fsp3) is 0.174. The standard InChI is InChI=1S/C23H21NO2S/c1-2-27-21-13-17(14-22(25)26)12-20-23(21)18-10-6-7-11-19(18)24(20)15-16-8-4-3-5-9-16/h3-13H,2,14-15H2,1H3,(H,25,26). The van der Waals surface area contributed by atoms with E-state index in [0.29, 0.717) is 0 Å². The van der Waals surface area contributed by atoms with E-state index in [1.807, 2.05) is 18.2 Å². The van der Waals surface area contributed by atoms with Crippen LogP contribution in [0.1, 0.15) is 18.1 Å². The quantitative estimate of drug-likeness (QED) is 0.447. The lowest BCUT2D eigenvalue weighted by Crippen LogP contribution is -2.02. The molecule has 1 N–H and O–H groups in total. The Morgan fingerprint density at radius 1 is 0.963 bits per heavy atom. The SMILES string of the molecule is CCSc1cc(CC(=O)O)cc2c1c1ccccc1n2Cc1ccccc1. The van der Waals surface area contributed by atoms with Crippen LogP contribution in [0.3, 0.4) is 0 Å². The average molecular weight is 375 g/mol. The number of hydrogen-bond donors (Lipinski definition) is 1. The smallest absolute Gasteiger partial charge is 0.307 e. The van der Waals surface area contributed by atoms with Crippen molar-refractivity contribution in [2.75, 3.05) is 5.75 Å². The van der Waals surface area contributed by atoms with Gasteiger partial charge in [-0.05, 0) is 35.1 Å². The molecule has 0 saturated heterocycles. The normalized spacial score (nSPS) is 11.3. The predicted molar refractivity (Wildman–Crippen MR) is 113 cm³/mol. The van der Waals surface area contributed by atoms with Crippen LogP contribution >= 0.6 is 11.8 Å². The molecule has 0 saturated carbocycles. The lowest BCUT2D eigenvalue weighted by atomic mass is 10.1. The highest BCUT2D eigenvalue weighted by atomic mass is 32.2. The van der Waals surface area contributed by atoms with Crippen LogP contribution in [0.25, 0.3) is 21.8 Å². The number of aromatic nitrogens is 1. The maximum Gasteiger partial charge on any atom is 0.307 e. The third-order valence-electron chi connectivity index (χ3n) is 4.73. The zero-order valence-electron chi connectivity index (χ0n) is 15.2. The molecule has 4 heteroatoms. The van der Waals surface area contributed by atoms with Gasteiger partial charge in [-0.1, -0.05) is 55.5 Å².